The second kappa shape index (κ2) is 13.9. The maximum absolute atomic E-state index is 13.8. The number of benzene rings is 1. The Kier molecular flexibility index (Phi) is 9.86. The second-order valence-electron chi connectivity index (χ2n) is 11.2. The molecule has 4 amide bonds. The summed E-state index contributed by atoms with van der Waals surface area (Å²) in [4.78, 5) is 70.3. The standard InChI is InChI=1S/C31H35BrN6O5/c32-21-11-12-26-35-25(18-38(26)17-21)30(42)37-24(15-19-7-3-1-4-8-19)29(41)36-23(16-20-13-14-33-28(20)40)27(39)31(43)34-22-9-5-2-6-10-22/h1,3-4,7-8,11-12,17-18,20,22-24H,2,5-6,9-10,13-16H2,(H,33,40)(H,34,43)(H,36,41)(H,37,42)/t20-,23?,24-/m0/s1. The Morgan fingerprint density at radius 1 is 0.953 bits per heavy atom. The van der Waals surface area contributed by atoms with Gasteiger partial charge in [-0.05, 0) is 59.3 Å². The smallest absolute Gasteiger partial charge is 0.289 e. The van der Waals surface area contributed by atoms with Gasteiger partial charge in [0.2, 0.25) is 17.6 Å². The van der Waals surface area contributed by atoms with E-state index in [1.54, 1.807) is 22.9 Å². The molecule has 1 saturated carbocycles. The maximum atomic E-state index is 13.8. The fraction of sp³-hybridized carbons (Fsp3) is 0.419. The van der Waals surface area contributed by atoms with Gasteiger partial charge in [0, 0.05) is 41.8 Å². The van der Waals surface area contributed by atoms with E-state index < -0.39 is 41.5 Å². The molecular weight excluding hydrogens is 616 g/mol. The Hall–Kier alpha value is -4.06. The molecule has 226 valence electrons. The largest absolute Gasteiger partial charge is 0.356 e. The first kappa shape index (κ1) is 30.4. The number of aromatic nitrogens is 2. The average molecular weight is 652 g/mol. The number of carbonyl (C=O) groups is 5. The molecule has 1 saturated heterocycles. The maximum Gasteiger partial charge on any atom is 0.289 e. The Labute approximate surface area is 257 Å². The fourth-order valence-electron chi connectivity index (χ4n) is 5.69. The van der Waals surface area contributed by atoms with Gasteiger partial charge in [0.1, 0.15) is 17.4 Å². The minimum Gasteiger partial charge on any atom is -0.356 e. The Morgan fingerprint density at radius 3 is 2.44 bits per heavy atom. The fourth-order valence-corrected chi connectivity index (χ4v) is 6.04. The molecule has 2 fully saturated rings. The van der Waals surface area contributed by atoms with Crippen LogP contribution in [0.15, 0.2) is 59.3 Å². The number of rotatable bonds is 11. The first-order valence-electron chi connectivity index (χ1n) is 14.7. The zero-order valence-electron chi connectivity index (χ0n) is 23.7. The molecule has 2 aromatic heterocycles. The highest BCUT2D eigenvalue weighted by molar-refractivity contribution is 9.10. The van der Waals surface area contributed by atoms with Crippen LogP contribution in [-0.4, -0.2) is 63.5 Å². The van der Waals surface area contributed by atoms with Crippen molar-refractivity contribution in [1.29, 1.82) is 0 Å². The first-order chi connectivity index (χ1) is 20.8. The first-order valence-corrected chi connectivity index (χ1v) is 15.5. The van der Waals surface area contributed by atoms with E-state index in [1.807, 2.05) is 36.4 Å². The van der Waals surface area contributed by atoms with E-state index in [1.165, 1.54) is 0 Å². The van der Waals surface area contributed by atoms with E-state index in [-0.39, 0.29) is 30.5 Å². The molecule has 4 N–H and O–H groups in total. The van der Waals surface area contributed by atoms with Crippen molar-refractivity contribution in [3.8, 4) is 0 Å². The lowest BCUT2D eigenvalue weighted by molar-refractivity contribution is -0.141. The predicted octanol–water partition coefficient (Wildman–Crippen LogP) is 2.47. The van der Waals surface area contributed by atoms with Crippen molar-refractivity contribution in [2.24, 2.45) is 5.92 Å². The van der Waals surface area contributed by atoms with Crippen molar-refractivity contribution in [2.75, 3.05) is 6.54 Å². The van der Waals surface area contributed by atoms with Crippen LogP contribution in [0.25, 0.3) is 5.65 Å². The summed E-state index contributed by atoms with van der Waals surface area (Å²) in [5.74, 6) is -3.50. The molecule has 2 aliphatic rings. The molecule has 1 aliphatic heterocycles. The summed E-state index contributed by atoms with van der Waals surface area (Å²) in [5, 5.41) is 11.1. The van der Waals surface area contributed by atoms with Crippen molar-refractivity contribution in [1.82, 2.24) is 30.7 Å². The Bertz CT molecular complexity index is 1500. The summed E-state index contributed by atoms with van der Waals surface area (Å²) in [6.07, 6.45) is 8.59. The number of pyridine rings is 1. The highest BCUT2D eigenvalue weighted by Gasteiger charge is 2.36. The Balaban J connectivity index is 1.35. The van der Waals surface area contributed by atoms with Gasteiger partial charge in [0.05, 0.1) is 6.04 Å². The minimum absolute atomic E-state index is 0.0121. The zero-order chi connectivity index (χ0) is 30.3. The molecule has 1 unspecified atom stereocenters. The van der Waals surface area contributed by atoms with Crippen LogP contribution in [0.5, 0.6) is 0 Å². The molecule has 0 radical (unpaired) electrons. The topological polar surface area (TPSA) is 151 Å². The summed E-state index contributed by atoms with van der Waals surface area (Å²) < 4.78 is 2.50. The predicted molar refractivity (Wildman–Crippen MR) is 162 cm³/mol. The van der Waals surface area contributed by atoms with Gasteiger partial charge in [-0.2, -0.15) is 0 Å². The lowest BCUT2D eigenvalue weighted by Crippen LogP contribution is -2.55. The lowest BCUT2D eigenvalue weighted by Gasteiger charge is -2.26. The molecule has 3 heterocycles. The number of Topliss-reactive ketones (excluding diaryl/α,β-unsaturated/α-hetero) is 1. The van der Waals surface area contributed by atoms with Crippen molar-refractivity contribution >= 4 is 51.0 Å². The highest BCUT2D eigenvalue weighted by Crippen LogP contribution is 2.20. The number of amides is 4. The van der Waals surface area contributed by atoms with Crippen molar-refractivity contribution < 1.29 is 24.0 Å². The number of hydrogen-bond donors (Lipinski definition) is 4. The lowest BCUT2D eigenvalue weighted by atomic mass is 9.93. The summed E-state index contributed by atoms with van der Waals surface area (Å²) in [5.41, 5.74) is 1.46. The van der Waals surface area contributed by atoms with Gasteiger partial charge in [-0.25, -0.2) is 4.98 Å². The number of ketones is 1. The summed E-state index contributed by atoms with van der Waals surface area (Å²) in [6, 6.07) is 10.3. The number of nitrogens with one attached hydrogen (secondary N) is 4. The van der Waals surface area contributed by atoms with Gasteiger partial charge < -0.3 is 25.7 Å². The van der Waals surface area contributed by atoms with Crippen LogP contribution in [0.4, 0.5) is 0 Å². The molecule has 1 aromatic carbocycles. The molecular formula is C31H35BrN6O5. The second-order valence-corrected chi connectivity index (χ2v) is 12.1. The summed E-state index contributed by atoms with van der Waals surface area (Å²) in [6.45, 7) is 0.467. The van der Waals surface area contributed by atoms with Crippen LogP contribution in [0.1, 0.15) is 61.0 Å². The molecule has 11 nitrogen and oxygen atoms in total. The van der Waals surface area contributed by atoms with E-state index in [4.69, 9.17) is 0 Å². The summed E-state index contributed by atoms with van der Waals surface area (Å²) >= 11 is 3.40. The van der Waals surface area contributed by atoms with Crippen LogP contribution in [-0.2, 0) is 25.6 Å². The molecule has 3 atom stereocenters. The van der Waals surface area contributed by atoms with Gasteiger partial charge in [-0.15, -0.1) is 0 Å². The number of carbonyl (C=O) groups excluding carboxylic acids is 5. The van der Waals surface area contributed by atoms with Crippen molar-refractivity contribution in [3.05, 3.63) is 70.6 Å². The number of halogens is 1. The number of imidazole rings is 1. The van der Waals surface area contributed by atoms with E-state index >= 15 is 0 Å². The number of hydrogen-bond acceptors (Lipinski definition) is 6. The molecule has 1 aliphatic carbocycles. The van der Waals surface area contributed by atoms with Crippen LogP contribution in [0.3, 0.4) is 0 Å². The van der Waals surface area contributed by atoms with Crippen LogP contribution in [0.2, 0.25) is 0 Å². The van der Waals surface area contributed by atoms with Crippen molar-refractivity contribution in [3.63, 3.8) is 0 Å². The normalized spacial score (nSPS) is 18.4. The van der Waals surface area contributed by atoms with Crippen LogP contribution < -0.4 is 21.3 Å². The minimum atomic E-state index is -1.23. The van der Waals surface area contributed by atoms with Crippen LogP contribution in [0, 0.1) is 5.92 Å². The molecule has 0 bridgehead atoms. The monoisotopic (exact) mass is 650 g/mol. The van der Waals surface area contributed by atoms with E-state index in [2.05, 4.69) is 42.2 Å². The van der Waals surface area contributed by atoms with E-state index in [9.17, 15) is 24.0 Å². The van der Waals surface area contributed by atoms with Crippen molar-refractivity contribution in [2.45, 2.75) is 69.5 Å². The molecule has 5 rings (SSSR count). The van der Waals surface area contributed by atoms with Gasteiger partial charge in [0.25, 0.3) is 11.8 Å². The third kappa shape index (κ3) is 7.86. The van der Waals surface area contributed by atoms with Gasteiger partial charge in [-0.3, -0.25) is 24.0 Å². The van der Waals surface area contributed by atoms with E-state index in [0.29, 0.717) is 18.6 Å². The molecule has 12 heteroatoms. The molecule has 0 spiro atoms. The molecule has 3 aromatic rings. The van der Waals surface area contributed by atoms with Crippen LogP contribution >= 0.6 is 15.9 Å². The third-order valence-corrected chi connectivity index (χ3v) is 8.50. The number of fused-ring (bicyclic) bond motifs is 1. The average Bonchev–Trinajstić information content (AvgIpc) is 3.62. The SMILES string of the molecule is O=C(NC1CCCCC1)C(=O)C(C[C@@H]1CCNC1=O)NC(=O)[C@H](Cc1ccccc1)NC(=O)c1cn2cc(Br)ccc2n1. The number of nitrogens with zero attached hydrogens (tertiary/aromatic N) is 2. The zero-order valence-corrected chi connectivity index (χ0v) is 25.3. The Morgan fingerprint density at radius 2 is 1.72 bits per heavy atom. The highest BCUT2D eigenvalue weighted by atomic mass is 79.9. The summed E-state index contributed by atoms with van der Waals surface area (Å²) in [7, 11) is 0. The molecule has 43 heavy (non-hydrogen) atoms. The van der Waals surface area contributed by atoms with Gasteiger partial charge in [-0.1, -0.05) is 49.6 Å². The van der Waals surface area contributed by atoms with Gasteiger partial charge in [0.15, 0.2) is 0 Å². The third-order valence-electron chi connectivity index (χ3n) is 8.03. The van der Waals surface area contributed by atoms with E-state index in [0.717, 1.165) is 42.1 Å². The quantitative estimate of drug-likeness (QED) is 0.234. The van der Waals surface area contributed by atoms with Gasteiger partial charge >= 0.3 is 0 Å².